The predicted octanol–water partition coefficient (Wildman–Crippen LogP) is 4.71. The Kier molecular flexibility index (Phi) is 7.24. The molecule has 0 saturated heterocycles. The summed E-state index contributed by atoms with van der Waals surface area (Å²) in [6, 6.07) is 9.17. The van der Waals surface area contributed by atoms with Crippen molar-refractivity contribution in [2.24, 2.45) is 0 Å². The monoisotopic (exact) mass is 315 g/mol. The summed E-state index contributed by atoms with van der Waals surface area (Å²) in [4.78, 5) is 1.33. The largest absolute Gasteiger partial charge is 0.313 e. The molecule has 0 bridgehead atoms. The fourth-order valence-electron chi connectivity index (χ4n) is 1.72. The summed E-state index contributed by atoms with van der Waals surface area (Å²) < 4.78 is 1.16. The zero-order chi connectivity index (χ0) is 12.7. The Labute approximate surface area is 118 Å². The first-order valence-electron chi connectivity index (χ1n) is 6.31. The molecule has 96 valence electrons. The summed E-state index contributed by atoms with van der Waals surface area (Å²) in [6.45, 7) is 7.84. The van der Waals surface area contributed by atoms with Gasteiger partial charge in [0.25, 0.3) is 0 Å². The van der Waals surface area contributed by atoms with E-state index in [1.54, 1.807) is 0 Å². The molecule has 0 spiro atoms. The van der Waals surface area contributed by atoms with Crippen LogP contribution < -0.4 is 5.32 Å². The number of nitrogens with one attached hydrogen (secondary N) is 1. The zero-order valence-electron chi connectivity index (χ0n) is 10.9. The minimum absolute atomic E-state index is 0.602. The predicted molar refractivity (Wildman–Crippen MR) is 81.8 cm³/mol. The number of halogens is 1. The molecule has 0 fully saturated rings. The maximum absolute atomic E-state index is 3.62. The molecular weight excluding hydrogens is 294 g/mol. The Morgan fingerprint density at radius 1 is 1.29 bits per heavy atom. The molecule has 0 radical (unpaired) electrons. The molecule has 1 rings (SSSR count). The van der Waals surface area contributed by atoms with Crippen LogP contribution in [0.2, 0.25) is 0 Å². The third-order valence-electron chi connectivity index (χ3n) is 2.81. The highest BCUT2D eigenvalue weighted by atomic mass is 79.9. The van der Waals surface area contributed by atoms with Crippen molar-refractivity contribution in [3.05, 3.63) is 28.7 Å². The highest BCUT2D eigenvalue weighted by Gasteiger charge is 2.07. The number of hydrogen-bond acceptors (Lipinski definition) is 2. The fourth-order valence-corrected chi connectivity index (χ4v) is 3.27. The number of rotatable bonds is 7. The normalized spacial score (nSPS) is 13.0. The molecule has 0 amide bonds. The average molecular weight is 316 g/mol. The van der Waals surface area contributed by atoms with E-state index in [0.29, 0.717) is 11.3 Å². The molecular formula is C14H22BrNS. The van der Waals surface area contributed by atoms with E-state index < -0.39 is 0 Å². The highest BCUT2D eigenvalue weighted by Crippen LogP contribution is 2.25. The first kappa shape index (κ1) is 15.1. The molecule has 1 N–H and O–H groups in total. The Bertz CT molecular complexity index is 326. The van der Waals surface area contributed by atoms with Crippen LogP contribution in [0.15, 0.2) is 33.6 Å². The summed E-state index contributed by atoms with van der Waals surface area (Å²) in [5.74, 6) is 0. The van der Waals surface area contributed by atoms with Gasteiger partial charge in [-0.3, -0.25) is 0 Å². The van der Waals surface area contributed by atoms with Gasteiger partial charge in [-0.1, -0.05) is 42.8 Å². The molecule has 1 aromatic rings. The average Bonchev–Trinajstić information content (AvgIpc) is 2.30. The lowest BCUT2D eigenvalue weighted by Gasteiger charge is -2.18. The van der Waals surface area contributed by atoms with Crippen molar-refractivity contribution in [3.8, 4) is 0 Å². The Balaban J connectivity index is 2.36. The van der Waals surface area contributed by atoms with Gasteiger partial charge in [0.1, 0.15) is 0 Å². The van der Waals surface area contributed by atoms with Gasteiger partial charge in [0.05, 0.1) is 0 Å². The van der Waals surface area contributed by atoms with Crippen LogP contribution in [0, 0.1) is 0 Å². The van der Waals surface area contributed by atoms with Crippen LogP contribution in [0.25, 0.3) is 0 Å². The van der Waals surface area contributed by atoms with Crippen molar-refractivity contribution in [1.82, 2.24) is 5.32 Å². The maximum atomic E-state index is 3.62. The number of hydrogen-bond donors (Lipinski definition) is 1. The van der Waals surface area contributed by atoms with E-state index in [4.69, 9.17) is 0 Å². The smallest absolute Gasteiger partial charge is 0.0191 e. The van der Waals surface area contributed by atoms with E-state index in [1.165, 1.54) is 17.7 Å². The first-order valence-corrected chi connectivity index (χ1v) is 7.98. The van der Waals surface area contributed by atoms with Gasteiger partial charge in [-0.15, -0.1) is 11.8 Å². The highest BCUT2D eigenvalue weighted by molar-refractivity contribution is 9.10. The van der Waals surface area contributed by atoms with Crippen LogP contribution >= 0.6 is 27.7 Å². The van der Waals surface area contributed by atoms with E-state index in [-0.39, 0.29) is 0 Å². The van der Waals surface area contributed by atoms with Crippen molar-refractivity contribution in [3.63, 3.8) is 0 Å². The van der Waals surface area contributed by atoms with Crippen LogP contribution in [-0.4, -0.2) is 17.8 Å². The minimum atomic E-state index is 0.602. The molecule has 0 aliphatic heterocycles. The Hall–Kier alpha value is 0.01000. The minimum Gasteiger partial charge on any atom is -0.313 e. The lowest BCUT2D eigenvalue weighted by Crippen LogP contribution is -2.32. The van der Waals surface area contributed by atoms with Gasteiger partial charge in [-0.25, -0.2) is 0 Å². The molecule has 17 heavy (non-hydrogen) atoms. The topological polar surface area (TPSA) is 12.0 Å². The second-order valence-corrected chi connectivity index (χ2v) is 6.74. The quantitative estimate of drug-likeness (QED) is 0.731. The zero-order valence-corrected chi connectivity index (χ0v) is 13.3. The van der Waals surface area contributed by atoms with E-state index in [0.717, 1.165) is 11.0 Å². The van der Waals surface area contributed by atoms with Crippen molar-refractivity contribution in [2.45, 2.75) is 49.8 Å². The van der Waals surface area contributed by atoms with Gasteiger partial charge in [-0.2, -0.15) is 0 Å². The van der Waals surface area contributed by atoms with Crippen molar-refractivity contribution in [1.29, 1.82) is 0 Å². The van der Waals surface area contributed by atoms with E-state index in [9.17, 15) is 0 Å². The first-order chi connectivity index (χ1) is 8.15. The van der Waals surface area contributed by atoms with Crippen molar-refractivity contribution in [2.75, 3.05) is 6.54 Å². The second-order valence-electron chi connectivity index (χ2n) is 4.31. The Morgan fingerprint density at radius 2 is 2.00 bits per heavy atom. The van der Waals surface area contributed by atoms with Crippen LogP contribution in [0.1, 0.15) is 33.6 Å². The summed E-state index contributed by atoms with van der Waals surface area (Å²) in [5.41, 5.74) is 0. The lowest BCUT2D eigenvalue weighted by molar-refractivity contribution is 0.488. The van der Waals surface area contributed by atoms with Crippen LogP contribution in [0.4, 0.5) is 0 Å². The van der Waals surface area contributed by atoms with Gasteiger partial charge in [0, 0.05) is 27.2 Å². The van der Waals surface area contributed by atoms with Crippen LogP contribution in [0.5, 0.6) is 0 Å². The SMILES string of the molecule is CCC(CC)NCC(C)Sc1cccc(Br)c1. The van der Waals surface area contributed by atoms with Gasteiger partial charge >= 0.3 is 0 Å². The van der Waals surface area contributed by atoms with Gasteiger partial charge in [-0.05, 0) is 31.0 Å². The molecule has 1 unspecified atom stereocenters. The van der Waals surface area contributed by atoms with Gasteiger partial charge < -0.3 is 5.32 Å². The van der Waals surface area contributed by atoms with E-state index in [2.05, 4.69) is 66.3 Å². The fraction of sp³-hybridized carbons (Fsp3) is 0.571. The standard InChI is InChI=1S/C14H22BrNS/c1-4-13(5-2)16-10-11(3)17-14-8-6-7-12(15)9-14/h6-9,11,13,16H,4-5,10H2,1-3H3. The molecule has 0 aromatic heterocycles. The number of benzene rings is 1. The molecule has 0 aliphatic carbocycles. The van der Waals surface area contributed by atoms with Gasteiger partial charge in [0.15, 0.2) is 0 Å². The molecule has 3 heteroatoms. The molecule has 0 saturated carbocycles. The summed E-state index contributed by atoms with van der Waals surface area (Å²) in [5, 5.41) is 4.22. The van der Waals surface area contributed by atoms with Crippen LogP contribution in [0.3, 0.4) is 0 Å². The summed E-state index contributed by atoms with van der Waals surface area (Å²) >= 11 is 5.44. The molecule has 1 aromatic carbocycles. The summed E-state index contributed by atoms with van der Waals surface area (Å²) in [6.07, 6.45) is 2.43. The maximum Gasteiger partial charge on any atom is 0.0191 e. The van der Waals surface area contributed by atoms with Crippen molar-refractivity contribution < 1.29 is 0 Å². The second kappa shape index (κ2) is 8.17. The van der Waals surface area contributed by atoms with E-state index in [1.807, 2.05) is 11.8 Å². The van der Waals surface area contributed by atoms with Crippen molar-refractivity contribution >= 4 is 27.7 Å². The third-order valence-corrected chi connectivity index (χ3v) is 4.40. The molecule has 1 atom stereocenters. The van der Waals surface area contributed by atoms with Gasteiger partial charge in [0.2, 0.25) is 0 Å². The van der Waals surface area contributed by atoms with Crippen LogP contribution in [-0.2, 0) is 0 Å². The molecule has 0 heterocycles. The molecule has 1 nitrogen and oxygen atoms in total. The summed E-state index contributed by atoms with van der Waals surface area (Å²) in [7, 11) is 0. The number of thioether (sulfide) groups is 1. The lowest BCUT2D eigenvalue weighted by atomic mass is 10.2. The van der Waals surface area contributed by atoms with E-state index >= 15 is 0 Å². The molecule has 0 aliphatic rings. The third kappa shape index (κ3) is 5.94. The Morgan fingerprint density at radius 3 is 2.59 bits per heavy atom.